The number of aliphatic carboxylic acids is 1. The van der Waals surface area contributed by atoms with Crippen molar-refractivity contribution < 1.29 is 19.5 Å². The fraction of sp³-hybridized carbons (Fsp3) is 0.400. The lowest BCUT2D eigenvalue weighted by molar-refractivity contribution is -0.140. The molecule has 1 aromatic rings. The molecule has 1 aromatic carbocycles. The molecule has 0 bridgehead atoms. The van der Waals surface area contributed by atoms with Crippen LogP contribution in [-0.4, -0.2) is 22.9 Å². The predicted molar refractivity (Wildman–Crippen MR) is 77.8 cm³/mol. The van der Waals surface area contributed by atoms with Crippen LogP contribution in [0.3, 0.4) is 0 Å². The Morgan fingerprint density at radius 1 is 1.00 bits per heavy atom. The summed E-state index contributed by atoms with van der Waals surface area (Å²) in [6.45, 7) is 4.96. The highest BCUT2D eigenvalue weighted by atomic mass is 16.4. The van der Waals surface area contributed by atoms with E-state index in [0.717, 1.165) is 0 Å². The molecule has 0 spiro atoms. The van der Waals surface area contributed by atoms with Gasteiger partial charge in [0.15, 0.2) is 0 Å². The van der Waals surface area contributed by atoms with Crippen LogP contribution in [0.5, 0.6) is 0 Å². The van der Waals surface area contributed by atoms with Crippen LogP contribution in [0, 0.1) is 17.3 Å². The number of hydrogen-bond donors (Lipinski definition) is 3. The Hall–Kier alpha value is -2.37. The Kier molecular flexibility index (Phi) is 3.72. The lowest BCUT2D eigenvalue weighted by Gasteiger charge is -2.07. The van der Waals surface area contributed by atoms with E-state index in [1.807, 2.05) is 0 Å². The van der Waals surface area contributed by atoms with Gasteiger partial charge in [-0.25, -0.2) is 0 Å². The zero-order valence-electron chi connectivity index (χ0n) is 12.1. The van der Waals surface area contributed by atoms with Crippen molar-refractivity contribution in [3.63, 3.8) is 0 Å². The zero-order valence-corrected chi connectivity index (χ0v) is 12.1. The van der Waals surface area contributed by atoms with E-state index in [2.05, 4.69) is 10.6 Å². The number of benzene rings is 1. The summed E-state index contributed by atoms with van der Waals surface area (Å²) in [4.78, 5) is 34.1. The molecule has 21 heavy (non-hydrogen) atoms. The first-order chi connectivity index (χ1) is 9.73. The van der Waals surface area contributed by atoms with Crippen molar-refractivity contribution >= 4 is 29.2 Å². The van der Waals surface area contributed by atoms with Gasteiger partial charge in [0.25, 0.3) is 0 Å². The lowest BCUT2D eigenvalue weighted by atomic mass is 10.1. The molecule has 1 saturated carbocycles. The quantitative estimate of drug-likeness (QED) is 0.789. The number of carbonyl (C=O) groups is 3. The second kappa shape index (κ2) is 5.20. The Morgan fingerprint density at radius 2 is 1.48 bits per heavy atom. The normalized spacial score (nSPS) is 22.2. The molecule has 6 heteroatoms. The van der Waals surface area contributed by atoms with Crippen molar-refractivity contribution in [1.82, 2.24) is 0 Å². The summed E-state index contributed by atoms with van der Waals surface area (Å²) in [5.74, 6) is -2.57. The van der Waals surface area contributed by atoms with Crippen molar-refractivity contribution in [2.24, 2.45) is 17.3 Å². The molecule has 3 N–H and O–H groups in total. The average molecular weight is 290 g/mol. The second-order valence-electron chi connectivity index (χ2n) is 5.86. The highest BCUT2D eigenvalue weighted by Crippen LogP contribution is 2.58. The molecule has 0 aromatic heterocycles. The number of amides is 2. The maximum absolute atomic E-state index is 12.1. The van der Waals surface area contributed by atoms with Crippen molar-refractivity contribution in [1.29, 1.82) is 0 Å². The molecular formula is C15H18N2O4. The number of nitrogens with one attached hydrogen (secondary N) is 2. The molecule has 0 radical (unpaired) electrons. The first kappa shape index (κ1) is 15.0. The first-order valence-electron chi connectivity index (χ1n) is 6.65. The molecule has 0 aliphatic heterocycles. The van der Waals surface area contributed by atoms with Crippen LogP contribution in [0.15, 0.2) is 24.3 Å². The summed E-state index contributed by atoms with van der Waals surface area (Å²) in [6, 6.07) is 6.66. The number of hydrogen-bond acceptors (Lipinski definition) is 3. The van der Waals surface area contributed by atoms with Gasteiger partial charge in [0.1, 0.15) is 0 Å². The Bertz CT molecular complexity index is 592. The van der Waals surface area contributed by atoms with Gasteiger partial charge in [-0.3, -0.25) is 14.4 Å². The molecule has 0 saturated heterocycles. The van der Waals surface area contributed by atoms with E-state index in [9.17, 15) is 14.4 Å². The van der Waals surface area contributed by atoms with Crippen molar-refractivity contribution in [3.05, 3.63) is 24.3 Å². The highest BCUT2D eigenvalue weighted by Gasteiger charge is 2.65. The highest BCUT2D eigenvalue weighted by molar-refractivity contribution is 6.00. The number of carboxylic acid groups (broad SMARTS) is 1. The molecule has 2 atom stereocenters. The van der Waals surface area contributed by atoms with Gasteiger partial charge in [-0.1, -0.05) is 13.8 Å². The molecule has 2 rings (SSSR count). The minimum atomic E-state index is -0.943. The molecule has 2 amide bonds. The van der Waals surface area contributed by atoms with Gasteiger partial charge in [-0.15, -0.1) is 0 Å². The van der Waals surface area contributed by atoms with E-state index in [4.69, 9.17) is 5.11 Å². The molecular weight excluding hydrogens is 272 g/mol. The standard InChI is InChI=1S/C15H18N2O4/c1-8(18)16-9-4-6-10(7-5-9)17-13(19)11-12(14(20)21)15(11,2)3/h4-7,11-12H,1-3H3,(H,16,18)(H,17,19)(H,20,21)/t11-,12-/m0/s1. The smallest absolute Gasteiger partial charge is 0.307 e. The molecule has 1 aliphatic carbocycles. The van der Waals surface area contributed by atoms with Gasteiger partial charge in [0.05, 0.1) is 11.8 Å². The van der Waals surface area contributed by atoms with Crippen LogP contribution in [0.4, 0.5) is 11.4 Å². The topological polar surface area (TPSA) is 95.5 Å². The van der Waals surface area contributed by atoms with Crippen molar-refractivity contribution in [3.8, 4) is 0 Å². The van der Waals surface area contributed by atoms with Crippen LogP contribution in [0.1, 0.15) is 20.8 Å². The Morgan fingerprint density at radius 3 is 1.86 bits per heavy atom. The molecule has 112 valence electrons. The Balaban J connectivity index is 2.01. The molecule has 1 aliphatic rings. The summed E-state index contributed by atoms with van der Waals surface area (Å²) < 4.78 is 0. The summed E-state index contributed by atoms with van der Waals surface area (Å²) >= 11 is 0. The van der Waals surface area contributed by atoms with Gasteiger partial charge in [-0.05, 0) is 29.7 Å². The molecule has 6 nitrogen and oxygen atoms in total. The van der Waals surface area contributed by atoms with Crippen LogP contribution in [-0.2, 0) is 14.4 Å². The third kappa shape index (κ3) is 3.04. The van der Waals surface area contributed by atoms with Crippen LogP contribution in [0.25, 0.3) is 0 Å². The first-order valence-corrected chi connectivity index (χ1v) is 6.65. The van der Waals surface area contributed by atoms with Gasteiger partial charge in [0, 0.05) is 18.3 Å². The van der Waals surface area contributed by atoms with Crippen LogP contribution in [0.2, 0.25) is 0 Å². The van der Waals surface area contributed by atoms with Gasteiger partial charge in [0.2, 0.25) is 11.8 Å². The van der Waals surface area contributed by atoms with Crippen LogP contribution < -0.4 is 10.6 Å². The largest absolute Gasteiger partial charge is 0.481 e. The minimum absolute atomic E-state index is 0.171. The maximum atomic E-state index is 12.1. The number of rotatable bonds is 4. The lowest BCUT2D eigenvalue weighted by Crippen LogP contribution is -2.17. The van der Waals surface area contributed by atoms with Gasteiger partial charge in [-0.2, -0.15) is 0 Å². The summed E-state index contributed by atoms with van der Waals surface area (Å²) in [7, 11) is 0. The van der Waals surface area contributed by atoms with E-state index in [1.54, 1.807) is 38.1 Å². The molecule has 0 unspecified atom stereocenters. The summed E-state index contributed by atoms with van der Waals surface area (Å²) in [5, 5.41) is 14.4. The fourth-order valence-corrected chi connectivity index (χ4v) is 2.65. The van der Waals surface area contributed by atoms with Gasteiger partial charge < -0.3 is 15.7 Å². The third-order valence-corrected chi connectivity index (χ3v) is 3.85. The minimum Gasteiger partial charge on any atom is -0.481 e. The van der Waals surface area contributed by atoms with Crippen molar-refractivity contribution in [2.45, 2.75) is 20.8 Å². The van der Waals surface area contributed by atoms with Crippen molar-refractivity contribution in [2.75, 3.05) is 10.6 Å². The van der Waals surface area contributed by atoms with E-state index in [0.29, 0.717) is 11.4 Å². The second-order valence-corrected chi connectivity index (χ2v) is 5.86. The number of anilines is 2. The monoisotopic (exact) mass is 290 g/mol. The number of carbonyl (C=O) groups excluding carboxylic acids is 2. The van der Waals surface area contributed by atoms with Crippen LogP contribution >= 0.6 is 0 Å². The fourth-order valence-electron chi connectivity index (χ4n) is 2.65. The number of carboxylic acids is 1. The van der Waals surface area contributed by atoms with Gasteiger partial charge >= 0.3 is 5.97 Å². The van der Waals surface area contributed by atoms with E-state index in [-0.39, 0.29) is 11.8 Å². The SMILES string of the molecule is CC(=O)Nc1ccc(NC(=O)[C@@H]2[C@@H](C(=O)O)C2(C)C)cc1. The zero-order chi connectivity index (χ0) is 15.8. The van der Waals surface area contributed by atoms with E-state index >= 15 is 0 Å². The van der Waals surface area contributed by atoms with E-state index in [1.165, 1.54) is 6.92 Å². The molecule has 0 heterocycles. The Labute approximate surface area is 122 Å². The van der Waals surface area contributed by atoms with E-state index < -0.39 is 23.2 Å². The maximum Gasteiger partial charge on any atom is 0.307 e. The third-order valence-electron chi connectivity index (χ3n) is 3.85. The predicted octanol–water partition coefficient (Wildman–Crippen LogP) is 1.94. The molecule has 1 fully saturated rings. The summed E-state index contributed by atoms with van der Waals surface area (Å²) in [6.07, 6.45) is 0. The summed E-state index contributed by atoms with van der Waals surface area (Å²) in [5.41, 5.74) is 0.683. The average Bonchev–Trinajstić information content (AvgIpc) is 2.94.